The molecular weight excluding hydrogens is 150 g/mol. The molecule has 12 heavy (non-hydrogen) atoms. The fraction of sp³-hybridized carbons (Fsp3) is 0.100. The normalized spacial score (nSPS) is 9.00. The van der Waals surface area contributed by atoms with Crippen LogP contribution in [0.4, 0.5) is 0 Å². The molecule has 1 radical (unpaired) electrons. The number of hydrogen-bond acceptors (Lipinski definition) is 2. The maximum absolute atomic E-state index is 7.44. The Hall–Kier alpha value is -1.57. The van der Waals surface area contributed by atoms with Crippen molar-refractivity contribution >= 4 is 5.90 Å². The number of rotatable bonds is 3. The SMILES string of the molecule is C=CCOC(=N)c1c[c]ccc1. The fourth-order valence-corrected chi connectivity index (χ4v) is 0.760. The predicted molar refractivity (Wildman–Crippen MR) is 48.3 cm³/mol. The van der Waals surface area contributed by atoms with Crippen LogP contribution < -0.4 is 0 Å². The van der Waals surface area contributed by atoms with Gasteiger partial charge in [-0.05, 0) is 18.2 Å². The van der Waals surface area contributed by atoms with Gasteiger partial charge in [0.25, 0.3) is 0 Å². The third-order valence-corrected chi connectivity index (χ3v) is 1.31. The van der Waals surface area contributed by atoms with Crippen LogP contribution >= 0.6 is 0 Å². The van der Waals surface area contributed by atoms with Crippen molar-refractivity contribution in [3.05, 3.63) is 48.6 Å². The molecule has 0 saturated heterocycles. The summed E-state index contributed by atoms with van der Waals surface area (Å²) in [6.45, 7) is 3.87. The number of benzene rings is 1. The van der Waals surface area contributed by atoms with Crippen LogP contribution in [-0.2, 0) is 4.74 Å². The van der Waals surface area contributed by atoms with Gasteiger partial charge in [-0.15, -0.1) is 0 Å². The standard InChI is InChI=1S/C10H10NO/c1-2-8-12-10(11)9-6-4-3-5-7-9/h2-4,6-7,11H,1,8H2. The van der Waals surface area contributed by atoms with E-state index in [-0.39, 0.29) is 5.90 Å². The van der Waals surface area contributed by atoms with Crippen LogP contribution in [0, 0.1) is 11.5 Å². The minimum atomic E-state index is 0.159. The molecular formula is C10H10NO. The number of hydrogen-bond donors (Lipinski definition) is 1. The van der Waals surface area contributed by atoms with Crippen molar-refractivity contribution in [1.29, 1.82) is 5.41 Å². The molecule has 2 heteroatoms. The Morgan fingerprint density at radius 2 is 2.58 bits per heavy atom. The summed E-state index contributed by atoms with van der Waals surface area (Å²) < 4.78 is 5.02. The monoisotopic (exact) mass is 160 g/mol. The molecule has 0 saturated carbocycles. The molecule has 0 aromatic heterocycles. The first-order chi connectivity index (χ1) is 5.84. The summed E-state index contributed by atoms with van der Waals surface area (Å²) in [4.78, 5) is 0. The number of nitrogens with one attached hydrogen (secondary N) is 1. The van der Waals surface area contributed by atoms with E-state index in [1.165, 1.54) is 0 Å². The lowest BCUT2D eigenvalue weighted by Crippen LogP contribution is -2.04. The molecule has 61 valence electrons. The van der Waals surface area contributed by atoms with Gasteiger partial charge in [0.2, 0.25) is 5.90 Å². The van der Waals surface area contributed by atoms with Crippen LogP contribution in [0.25, 0.3) is 0 Å². The molecule has 0 amide bonds. The van der Waals surface area contributed by atoms with Crippen LogP contribution in [0.1, 0.15) is 5.56 Å². The highest BCUT2D eigenvalue weighted by Crippen LogP contribution is 1.99. The molecule has 0 heterocycles. The van der Waals surface area contributed by atoms with Gasteiger partial charge in [-0.2, -0.15) is 0 Å². The topological polar surface area (TPSA) is 33.1 Å². The minimum absolute atomic E-state index is 0.159. The first-order valence-corrected chi connectivity index (χ1v) is 3.63. The molecule has 1 aromatic rings. The molecule has 2 nitrogen and oxygen atoms in total. The van der Waals surface area contributed by atoms with Gasteiger partial charge in [-0.3, -0.25) is 5.41 Å². The lowest BCUT2D eigenvalue weighted by atomic mass is 10.2. The maximum Gasteiger partial charge on any atom is 0.213 e. The van der Waals surface area contributed by atoms with Crippen LogP contribution in [0.3, 0.4) is 0 Å². The van der Waals surface area contributed by atoms with Crippen molar-refractivity contribution in [3.63, 3.8) is 0 Å². The molecule has 0 bridgehead atoms. The molecule has 0 aliphatic carbocycles. The van der Waals surface area contributed by atoms with Crippen molar-refractivity contribution in [1.82, 2.24) is 0 Å². The van der Waals surface area contributed by atoms with E-state index in [2.05, 4.69) is 12.6 Å². The van der Waals surface area contributed by atoms with Gasteiger partial charge in [0.1, 0.15) is 6.61 Å². The van der Waals surface area contributed by atoms with E-state index in [0.717, 1.165) is 5.56 Å². The molecule has 0 atom stereocenters. The zero-order valence-electron chi connectivity index (χ0n) is 6.71. The summed E-state index contributed by atoms with van der Waals surface area (Å²) in [6.07, 6.45) is 1.61. The third-order valence-electron chi connectivity index (χ3n) is 1.31. The Balaban J connectivity index is 2.59. The first-order valence-electron chi connectivity index (χ1n) is 3.63. The van der Waals surface area contributed by atoms with Gasteiger partial charge >= 0.3 is 0 Å². The van der Waals surface area contributed by atoms with E-state index < -0.39 is 0 Å². The van der Waals surface area contributed by atoms with Gasteiger partial charge in [0.15, 0.2) is 0 Å². The molecule has 0 unspecified atom stereocenters. The van der Waals surface area contributed by atoms with Crippen molar-refractivity contribution in [2.24, 2.45) is 0 Å². The van der Waals surface area contributed by atoms with Gasteiger partial charge in [-0.25, -0.2) is 0 Å². The molecule has 1 rings (SSSR count). The lowest BCUT2D eigenvalue weighted by molar-refractivity contribution is 0.349. The highest BCUT2D eigenvalue weighted by Gasteiger charge is 1.98. The van der Waals surface area contributed by atoms with E-state index in [4.69, 9.17) is 10.1 Å². The predicted octanol–water partition coefficient (Wildman–Crippen LogP) is 2.01. The molecule has 1 aromatic carbocycles. The summed E-state index contributed by atoms with van der Waals surface area (Å²) in [6, 6.07) is 10.00. The van der Waals surface area contributed by atoms with E-state index >= 15 is 0 Å². The van der Waals surface area contributed by atoms with Gasteiger partial charge in [0.05, 0.1) is 0 Å². The molecule has 0 aliphatic rings. The third kappa shape index (κ3) is 2.23. The Bertz CT molecular complexity index is 266. The molecule has 0 spiro atoms. The molecule has 0 fully saturated rings. The van der Waals surface area contributed by atoms with Gasteiger partial charge in [0, 0.05) is 5.56 Å². The zero-order valence-corrected chi connectivity index (χ0v) is 6.71. The van der Waals surface area contributed by atoms with E-state index in [0.29, 0.717) is 6.61 Å². The van der Waals surface area contributed by atoms with E-state index in [1.54, 1.807) is 18.2 Å². The summed E-state index contributed by atoms with van der Waals surface area (Å²) in [5.74, 6) is 0.159. The summed E-state index contributed by atoms with van der Waals surface area (Å²) in [7, 11) is 0. The quantitative estimate of drug-likeness (QED) is 0.409. The van der Waals surface area contributed by atoms with Crippen LogP contribution in [-0.4, -0.2) is 12.5 Å². The van der Waals surface area contributed by atoms with Crippen molar-refractivity contribution in [3.8, 4) is 0 Å². The molecule has 1 N–H and O–H groups in total. The smallest absolute Gasteiger partial charge is 0.213 e. The number of ether oxygens (including phenoxy) is 1. The second-order valence-electron chi connectivity index (χ2n) is 2.22. The highest BCUT2D eigenvalue weighted by atomic mass is 16.5. The van der Waals surface area contributed by atoms with Crippen molar-refractivity contribution in [2.75, 3.05) is 6.61 Å². The van der Waals surface area contributed by atoms with Crippen LogP contribution in [0.5, 0.6) is 0 Å². The van der Waals surface area contributed by atoms with Crippen molar-refractivity contribution < 1.29 is 4.74 Å². The van der Waals surface area contributed by atoms with Crippen molar-refractivity contribution in [2.45, 2.75) is 0 Å². The maximum atomic E-state index is 7.44. The second-order valence-corrected chi connectivity index (χ2v) is 2.22. The fourth-order valence-electron chi connectivity index (χ4n) is 0.760. The minimum Gasteiger partial charge on any atom is -0.473 e. The Morgan fingerprint density at radius 3 is 3.17 bits per heavy atom. The van der Waals surface area contributed by atoms with E-state index in [1.807, 2.05) is 12.1 Å². The Labute approximate surface area is 72.0 Å². The van der Waals surface area contributed by atoms with Crippen LogP contribution in [0.2, 0.25) is 0 Å². The first kappa shape index (κ1) is 8.53. The van der Waals surface area contributed by atoms with Gasteiger partial charge < -0.3 is 4.74 Å². The summed E-state index contributed by atoms with van der Waals surface area (Å²) in [5.41, 5.74) is 0.736. The van der Waals surface area contributed by atoms with Crippen LogP contribution in [0.15, 0.2) is 36.9 Å². The molecule has 0 aliphatic heterocycles. The van der Waals surface area contributed by atoms with E-state index in [9.17, 15) is 0 Å². The van der Waals surface area contributed by atoms with Gasteiger partial charge in [-0.1, -0.05) is 24.8 Å². The summed E-state index contributed by atoms with van der Waals surface area (Å²) in [5, 5.41) is 7.44. The lowest BCUT2D eigenvalue weighted by Gasteiger charge is -2.03. The Morgan fingerprint density at radius 1 is 1.75 bits per heavy atom. The highest BCUT2D eigenvalue weighted by molar-refractivity contribution is 5.91. The average molecular weight is 160 g/mol. The zero-order chi connectivity index (χ0) is 8.81. The largest absolute Gasteiger partial charge is 0.473 e. The summed E-state index contributed by atoms with van der Waals surface area (Å²) >= 11 is 0. The average Bonchev–Trinajstić information content (AvgIpc) is 2.15. The Kier molecular flexibility index (Phi) is 3.08. The second kappa shape index (κ2) is 4.34.